The van der Waals surface area contributed by atoms with E-state index in [9.17, 15) is 22.2 Å². The number of aryl methyl sites for hydroxylation is 2. The molecule has 0 spiro atoms. The second-order valence-corrected chi connectivity index (χ2v) is 21.8. The van der Waals surface area contributed by atoms with E-state index < -0.39 is 55.6 Å². The van der Waals surface area contributed by atoms with Crippen LogP contribution in [-0.4, -0.2) is 68.0 Å². The maximum absolute atomic E-state index is 15.3. The van der Waals surface area contributed by atoms with Crippen LogP contribution in [0.3, 0.4) is 0 Å². The Morgan fingerprint density at radius 3 is 1.35 bits per heavy atom. The van der Waals surface area contributed by atoms with Crippen LogP contribution in [0, 0.1) is 13.8 Å². The highest BCUT2D eigenvalue weighted by Crippen LogP contribution is 2.48. The first-order valence-corrected chi connectivity index (χ1v) is 28.3. The molecule has 7 rings (SSSR count). The van der Waals surface area contributed by atoms with E-state index in [0.717, 1.165) is 56.1 Å². The third-order valence-electron chi connectivity index (χ3n) is 12.5. The van der Waals surface area contributed by atoms with Gasteiger partial charge in [-0.3, -0.25) is 14.3 Å². The monoisotopic (exact) mass is 1130 g/mol. The molecule has 0 aromatic heterocycles. The maximum atomic E-state index is 15.3. The minimum atomic E-state index is -4.43. The zero-order chi connectivity index (χ0) is 56.8. The summed E-state index contributed by atoms with van der Waals surface area (Å²) in [6.07, 6.45) is 6.35. The number of unbranched alkanes of at least 4 members (excludes halogenated alkanes) is 6. The summed E-state index contributed by atoms with van der Waals surface area (Å²) in [6, 6.07) is 28.7. The summed E-state index contributed by atoms with van der Waals surface area (Å²) >= 11 is 0. The van der Waals surface area contributed by atoms with Gasteiger partial charge in [0.2, 0.25) is 0 Å². The van der Waals surface area contributed by atoms with Crippen LogP contribution in [0.5, 0.6) is 34.5 Å². The molecule has 18 nitrogen and oxygen atoms in total. The first-order chi connectivity index (χ1) is 37.8. The third-order valence-corrected chi connectivity index (χ3v) is 14.9. The fourth-order valence-electron chi connectivity index (χ4n) is 8.15. The molecule has 0 fully saturated rings. The van der Waals surface area contributed by atoms with Crippen molar-refractivity contribution in [2.75, 3.05) is 47.3 Å². The van der Waals surface area contributed by atoms with E-state index >= 15 is 9.59 Å². The Morgan fingerprint density at radius 1 is 0.537 bits per heavy atom. The predicted octanol–water partition coefficient (Wildman–Crippen LogP) is 11.1. The number of sulfonamides is 1. The molecule has 1 aliphatic rings. The molecule has 0 amide bonds. The van der Waals surface area contributed by atoms with Crippen LogP contribution in [0.25, 0.3) is 0 Å². The number of nitrogen functional groups attached to an aromatic ring is 2. The fourth-order valence-corrected chi connectivity index (χ4v) is 10.1. The van der Waals surface area contributed by atoms with Crippen LogP contribution in [0.1, 0.15) is 108 Å². The van der Waals surface area contributed by atoms with Gasteiger partial charge in [0.1, 0.15) is 34.0 Å². The number of nitrogens with one attached hydrogen (secondary N) is 2. The molecule has 20 heteroatoms. The highest BCUT2D eigenvalue weighted by molar-refractivity contribution is 7.92. The molecule has 0 bridgehead atoms. The number of carbonyl (C=O) groups excluding carboxylic acids is 4. The normalized spacial score (nSPS) is 11.9. The van der Waals surface area contributed by atoms with Gasteiger partial charge >= 0.3 is 11.9 Å². The van der Waals surface area contributed by atoms with Crippen LogP contribution < -0.4 is 39.9 Å². The predicted molar refractivity (Wildman–Crippen MR) is 308 cm³/mol. The molecule has 0 saturated heterocycles. The van der Waals surface area contributed by atoms with Crippen molar-refractivity contribution in [2.24, 2.45) is 0 Å². The van der Waals surface area contributed by atoms with Gasteiger partial charge in [-0.25, -0.2) is 22.2 Å². The van der Waals surface area contributed by atoms with Crippen molar-refractivity contribution in [3.8, 4) is 34.5 Å². The number of fused-ring (bicyclic) bond motifs is 2. The molecule has 1 unspecified atom stereocenters. The molecular formula is C60H66N4O14S2. The molecule has 422 valence electrons. The number of ketones is 2. The van der Waals surface area contributed by atoms with Gasteiger partial charge in [0, 0.05) is 23.3 Å². The van der Waals surface area contributed by atoms with E-state index in [2.05, 4.69) is 22.6 Å². The van der Waals surface area contributed by atoms with E-state index in [1.807, 2.05) is 6.92 Å². The van der Waals surface area contributed by atoms with Crippen LogP contribution >= 0.6 is 0 Å². The number of esters is 2. The number of nitrogens with two attached hydrogens (primary N) is 2. The summed E-state index contributed by atoms with van der Waals surface area (Å²) in [7, 11) is -6.45. The third kappa shape index (κ3) is 15.6. The fraction of sp³-hybridized carbons (Fsp3) is 0.267. The number of benzene rings is 6. The highest BCUT2D eigenvalue weighted by atomic mass is 32.2. The first kappa shape index (κ1) is 60.8. The summed E-state index contributed by atoms with van der Waals surface area (Å²) in [5, 5.41) is 0. The topological polar surface area (TPSA) is 282 Å². The minimum absolute atomic E-state index is 0. The molecule has 0 aliphatic heterocycles. The molecule has 1 atom stereocenters. The van der Waals surface area contributed by atoms with E-state index in [1.165, 1.54) is 24.3 Å². The molecule has 0 heterocycles. The van der Waals surface area contributed by atoms with Crippen molar-refractivity contribution in [1.29, 1.82) is 0 Å². The van der Waals surface area contributed by atoms with Crippen molar-refractivity contribution in [2.45, 2.75) is 88.9 Å². The number of anilines is 4. The SMILES string of the molecule is C=C(C)C(=O)OCCCCCCOc1ccc(Oc2cc(NS(=O)c3ccc(C)cc3)c3c(c2N)C(=O)c2c(N)c(Oc4ccc(OCCCCCCOC(=O)C(=C)C)cc4)cc(NS(=O)(=O)c4ccc(C)cc4)c2C3=O)cc1.O. The second kappa shape index (κ2) is 27.9. The van der Waals surface area contributed by atoms with Crippen molar-refractivity contribution < 1.29 is 65.7 Å². The van der Waals surface area contributed by atoms with Gasteiger partial charge in [0.05, 0.1) is 81.2 Å². The molecule has 0 saturated carbocycles. The summed E-state index contributed by atoms with van der Waals surface area (Å²) in [4.78, 5) is 54.0. The van der Waals surface area contributed by atoms with E-state index in [1.54, 1.807) is 106 Å². The smallest absolute Gasteiger partial charge is 0.333 e. The average Bonchev–Trinajstić information content (AvgIpc) is 3.53. The van der Waals surface area contributed by atoms with Crippen molar-refractivity contribution in [3.63, 3.8) is 0 Å². The van der Waals surface area contributed by atoms with E-state index in [4.69, 9.17) is 39.9 Å². The Bertz CT molecular complexity index is 3380. The lowest BCUT2D eigenvalue weighted by Crippen LogP contribution is -2.28. The van der Waals surface area contributed by atoms with Crippen molar-refractivity contribution >= 4 is 67.3 Å². The standard InChI is InChI=1S/C60H64N4O13S2.H2O/c1-37(2)59(67)74-33-13-9-7-11-31-72-41-19-23-43(24-20-41)76-49-35-47(63-78(69)45-27-15-39(5)16-28-45)51-53(55(49)61)58(66)54-52(57(51)65)48(64-79(70,71)46-29-17-40(6)18-30-46)36-50(56(54)62)77-44-25-21-42(22-26-44)73-32-12-8-10-14-34-75-60(68)38(3)4;/h15-30,35-36,63-64H,1,3,7-14,31-34,61-62H2,2,4-6H3;1H2. The Hall–Kier alpha value is -8.46. The molecule has 6 aromatic rings. The average molecular weight is 1130 g/mol. The van der Waals surface area contributed by atoms with Gasteiger partial charge in [-0.15, -0.1) is 0 Å². The molecule has 6 aromatic carbocycles. The molecule has 1 aliphatic carbocycles. The number of rotatable bonds is 28. The molecule has 0 radical (unpaired) electrons. The Labute approximate surface area is 468 Å². The molecular weight excluding hydrogens is 1060 g/mol. The lowest BCUT2D eigenvalue weighted by molar-refractivity contribution is -0.139. The number of hydrogen-bond acceptors (Lipinski definition) is 15. The minimum Gasteiger partial charge on any atom is -0.494 e. The zero-order valence-corrected chi connectivity index (χ0v) is 46.7. The first-order valence-electron chi connectivity index (χ1n) is 25.6. The van der Waals surface area contributed by atoms with Crippen LogP contribution in [0.4, 0.5) is 22.7 Å². The van der Waals surface area contributed by atoms with Crippen molar-refractivity contribution in [3.05, 3.63) is 167 Å². The maximum Gasteiger partial charge on any atom is 0.333 e. The van der Waals surface area contributed by atoms with Gasteiger partial charge in [-0.2, -0.15) is 0 Å². The van der Waals surface area contributed by atoms with Crippen LogP contribution in [0.2, 0.25) is 0 Å². The highest BCUT2D eigenvalue weighted by Gasteiger charge is 2.41. The zero-order valence-electron chi connectivity index (χ0n) is 45.1. The largest absolute Gasteiger partial charge is 0.494 e. The Kier molecular flexibility index (Phi) is 21.2. The molecule has 8 N–H and O–H groups in total. The number of ether oxygens (including phenoxy) is 6. The lowest BCUT2D eigenvalue weighted by Gasteiger charge is -2.27. The summed E-state index contributed by atoms with van der Waals surface area (Å²) in [5.41, 5.74) is 13.7. The Balaban J connectivity index is 0.0000103. The van der Waals surface area contributed by atoms with Gasteiger partial charge in [0.15, 0.2) is 23.1 Å². The van der Waals surface area contributed by atoms with Crippen LogP contribution in [-0.2, 0) is 40.1 Å². The van der Waals surface area contributed by atoms with Gasteiger partial charge < -0.3 is 50.1 Å². The summed E-state index contributed by atoms with van der Waals surface area (Å²) in [5.74, 6) is -1.19. The van der Waals surface area contributed by atoms with Crippen molar-refractivity contribution in [1.82, 2.24) is 0 Å². The van der Waals surface area contributed by atoms with E-state index in [-0.39, 0.29) is 67.2 Å². The van der Waals surface area contributed by atoms with E-state index in [0.29, 0.717) is 60.4 Å². The second-order valence-electron chi connectivity index (χ2n) is 18.9. The summed E-state index contributed by atoms with van der Waals surface area (Å²) in [6.45, 7) is 15.5. The summed E-state index contributed by atoms with van der Waals surface area (Å²) < 4.78 is 82.5. The van der Waals surface area contributed by atoms with Gasteiger partial charge in [-0.05, 0) is 152 Å². The lowest BCUT2D eigenvalue weighted by atomic mass is 9.80. The quantitative estimate of drug-likeness (QED) is 0.0154. The van der Waals surface area contributed by atoms with Gasteiger partial charge in [-0.1, -0.05) is 48.6 Å². The van der Waals surface area contributed by atoms with Crippen LogP contribution in [0.15, 0.2) is 143 Å². The number of carbonyl (C=O) groups is 4. The number of hydrogen-bond donors (Lipinski definition) is 4. The van der Waals surface area contributed by atoms with Gasteiger partial charge in [0.25, 0.3) is 10.0 Å². The Morgan fingerprint density at radius 2 is 0.912 bits per heavy atom. The molecule has 80 heavy (non-hydrogen) atoms.